The van der Waals surface area contributed by atoms with E-state index < -0.39 is 0 Å². The van der Waals surface area contributed by atoms with Crippen LogP contribution in [0.4, 0.5) is 5.88 Å². The molecule has 2 aromatic rings. The topological polar surface area (TPSA) is 104 Å². The molecule has 1 heterocycles. The highest BCUT2D eigenvalue weighted by molar-refractivity contribution is 5.81. The Labute approximate surface area is 108 Å². The van der Waals surface area contributed by atoms with Crippen molar-refractivity contribution in [3.05, 3.63) is 35.9 Å². The number of benzene rings is 1. The second-order valence-electron chi connectivity index (χ2n) is 3.44. The molecule has 96 valence electrons. The van der Waals surface area contributed by atoms with Crippen molar-refractivity contribution in [1.82, 2.24) is 4.98 Å². The highest BCUT2D eigenvalue weighted by atomic mass is 16.5. The summed E-state index contributed by atoms with van der Waals surface area (Å²) in [5, 5.41) is 22.0. The second-order valence-corrected chi connectivity index (χ2v) is 3.44. The first-order valence-electron chi connectivity index (χ1n) is 5.24. The molecule has 0 aliphatic carbocycles. The maximum atomic E-state index is 9.43. The molecule has 0 radical (unpaired) electrons. The molecule has 2 rings (SSSR count). The van der Waals surface area contributed by atoms with Crippen LogP contribution in [0.5, 0.6) is 11.5 Å². The van der Waals surface area contributed by atoms with Gasteiger partial charge >= 0.3 is 0 Å². The zero-order chi connectivity index (χ0) is 13.7. The van der Waals surface area contributed by atoms with Gasteiger partial charge in [0.05, 0.1) is 13.3 Å². The second kappa shape index (κ2) is 5.55. The Morgan fingerprint density at radius 2 is 2.42 bits per heavy atom. The lowest BCUT2D eigenvalue weighted by Crippen LogP contribution is -1.92. The number of hydrogen-bond acceptors (Lipinski definition) is 7. The average Bonchev–Trinajstić information content (AvgIpc) is 2.88. The number of methoxy groups -OCH3 is 1. The Morgan fingerprint density at radius 1 is 1.58 bits per heavy atom. The molecule has 0 aliphatic rings. The van der Waals surface area contributed by atoms with Crippen molar-refractivity contribution in [2.75, 3.05) is 12.5 Å². The summed E-state index contributed by atoms with van der Waals surface area (Å²) in [6.07, 6.45) is 2.64. The fraction of sp³-hybridized carbons (Fsp3) is 0.0833. The van der Waals surface area contributed by atoms with Gasteiger partial charge in [-0.1, -0.05) is 0 Å². The number of hydrogen-bond donors (Lipinski definition) is 2. The van der Waals surface area contributed by atoms with Gasteiger partial charge in [-0.3, -0.25) is 0 Å². The van der Waals surface area contributed by atoms with E-state index in [1.807, 2.05) is 6.07 Å². The van der Waals surface area contributed by atoms with Gasteiger partial charge in [-0.05, 0) is 23.8 Å². The molecule has 0 fully saturated rings. The van der Waals surface area contributed by atoms with Crippen molar-refractivity contribution in [3.8, 4) is 17.6 Å². The summed E-state index contributed by atoms with van der Waals surface area (Å²) in [6, 6.07) is 6.63. The molecule has 7 nitrogen and oxygen atoms in total. The zero-order valence-corrected chi connectivity index (χ0v) is 9.99. The Bertz CT molecular complexity index is 643. The van der Waals surface area contributed by atoms with Crippen molar-refractivity contribution in [2.45, 2.75) is 0 Å². The molecule has 0 atom stereocenters. The predicted molar refractivity (Wildman–Crippen MR) is 67.1 cm³/mol. The first kappa shape index (κ1) is 12.4. The molecular formula is C12H10N4O3. The normalized spacial score (nSPS) is 10.3. The maximum Gasteiger partial charge on any atom is 0.251 e. The SMILES string of the molecule is COc1cc(/C=N/Nc2ocnc2C#N)ccc1O. The van der Waals surface area contributed by atoms with Crippen molar-refractivity contribution >= 4 is 12.1 Å². The number of ether oxygens (including phenoxy) is 1. The van der Waals surface area contributed by atoms with Gasteiger partial charge in [0.1, 0.15) is 6.07 Å². The van der Waals surface area contributed by atoms with Gasteiger partial charge in [-0.2, -0.15) is 10.4 Å². The van der Waals surface area contributed by atoms with Crippen LogP contribution in [0.3, 0.4) is 0 Å². The average molecular weight is 258 g/mol. The number of aromatic nitrogens is 1. The summed E-state index contributed by atoms with van der Waals surface area (Å²) in [4.78, 5) is 3.68. The van der Waals surface area contributed by atoms with Crippen LogP contribution >= 0.6 is 0 Å². The number of nitriles is 1. The molecule has 0 amide bonds. The Hall–Kier alpha value is -3.01. The molecule has 2 N–H and O–H groups in total. The third-order valence-electron chi connectivity index (χ3n) is 2.26. The molecular weight excluding hydrogens is 248 g/mol. The fourth-order valence-electron chi connectivity index (χ4n) is 1.35. The third-order valence-corrected chi connectivity index (χ3v) is 2.26. The van der Waals surface area contributed by atoms with E-state index in [4.69, 9.17) is 14.4 Å². The van der Waals surface area contributed by atoms with E-state index in [1.165, 1.54) is 19.4 Å². The van der Waals surface area contributed by atoms with Crippen LogP contribution in [-0.2, 0) is 0 Å². The van der Waals surface area contributed by atoms with Crippen LogP contribution in [0.1, 0.15) is 11.3 Å². The largest absolute Gasteiger partial charge is 0.504 e. The smallest absolute Gasteiger partial charge is 0.251 e. The van der Waals surface area contributed by atoms with Crippen LogP contribution in [0.25, 0.3) is 0 Å². The molecule has 0 unspecified atom stereocenters. The maximum absolute atomic E-state index is 9.43. The van der Waals surface area contributed by atoms with E-state index in [0.717, 1.165) is 6.39 Å². The Kier molecular flexibility index (Phi) is 3.64. The standard InChI is InChI=1S/C12H10N4O3/c1-18-11-4-8(2-3-10(11)17)6-15-16-12-9(5-13)14-7-19-12/h2-4,6-7,16-17H,1H3/b15-6+. The first-order chi connectivity index (χ1) is 9.24. The molecule has 0 saturated carbocycles. The van der Waals surface area contributed by atoms with Gasteiger partial charge < -0.3 is 14.3 Å². The van der Waals surface area contributed by atoms with Crippen LogP contribution in [0, 0.1) is 11.3 Å². The number of hydrazone groups is 1. The van der Waals surface area contributed by atoms with Gasteiger partial charge in [-0.15, -0.1) is 0 Å². The molecule has 0 bridgehead atoms. The van der Waals surface area contributed by atoms with Gasteiger partial charge in [0.25, 0.3) is 5.88 Å². The molecule has 19 heavy (non-hydrogen) atoms. The van der Waals surface area contributed by atoms with Crippen LogP contribution in [-0.4, -0.2) is 23.4 Å². The van der Waals surface area contributed by atoms with E-state index in [0.29, 0.717) is 11.3 Å². The molecule has 0 spiro atoms. The number of anilines is 1. The number of oxazole rings is 1. The number of rotatable bonds is 4. The molecule has 1 aromatic heterocycles. The molecule has 7 heteroatoms. The number of aromatic hydroxyl groups is 1. The molecule has 0 saturated heterocycles. The lowest BCUT2D eigenvalue weighted by atomic mass is 10.2. The van der Waals surface area contributed by atoms with Crippen LogP contribution in [0.15, 0.2) is 34.1 Å². The van der Waals surface area contributed by atoms with Crippen LogP contribution in [0.2, 0.25) is 0 Å². The zero-order valence-electron chi connectivity index (χ0n) is 9.99. The minimum Gasteiger partial charge on any atom is -0.504 e. The van der Waals surface area contributed by atoms with Gasteiger partial charge in [0.15, 0.2) is 17.9 Å². The van der Waals surface area contributed by atoms with E-state index in [-0.39, 0.29) is 17.3 Å². The van der Waals surface area contributed by atoms with Gasteiger partial charge in [0, 0.05) is 0 Å². The number of nitrogens with one attached hydrogen (secondary N) is 1. The Morgan fingerprint density at radius 3 is 3.16 bits per heavy atom. The molecule has 0 aliphatic heterocycles. The monoisotopic (exact) mass is 258 g/mol. The van der Waals surface area contributed by atoms with E-state index >= 15 is 0 Å². The summed E-state index contributed by atoms with van der Waals surface area (Å²) in [7, 11) is 1.46. The van der Waals surface area contributed by atoms with Crippen molar-refractivity contribution < 1.29 is 14.3 Å². The summed E-state index contributed by atoms with van der Waals surface area (Å²) >= 11 is 0. The van der Waals surface area contributed by atoms with Crippen molar-refractivity contribution in [1.29, 1.82) is 5.26 Å². The third kappa shape index (κ3) is 2.81. The summed E-state index contributed by atoms with van der Waals surface area (Å²) in [6.45, 7) is 0. The highest BCUT2D eigenvalue weighted by Gasteiger charge is 2.05. The van der Waals surface area contributed by atoms with Crippen molar-refractivity contribution in [3.63, 3.8) is 0 Å². The highest BCUT2D eigenvalue weighted by Crippen LogP contribution is 2.25. The lowest BCUT2D eigenvalue weighted by Gasteiger charge is -2.03. The quantitative estimate of drug-likeness (QED) is 0.639. The minimum absolute atomic E-state index is 0.0506. The summed E-state index contributed by atoms with van der Waals surface area (Å²) in [5.41, 5.74) is 3.39. The van der Waals surface area contributed by atoms with E-state index in [1.54, 1.807) is 12.1 Å². The molecule has 1 aromatic carbocycles. The Balaban J connectivity index is 2.09. The predicted octanol–water partition coefficient (Wildman–Crippen LogP) is 1.71. The van der Waals surface area contributed by atoms with E-state index in [9.17, 15) is 5.11 Å². The van der Waals surface area contributed by atoms with Crippen LogP contribution < -0.4 is 10.2 Å². The first-order valence-corrected chi connectivity index (χ1v) is 5.24. The van der Waals surface area contributed by atoms with Gasteiger partial charge in [0.2, 0.25) is 5.69 Å². The summed E-state index contributed by atoms with van der Waals surface area (Å²) < 4.78 is 9.91. The summed E-state index contributed by atoms with van der Waals surface area (Å²) in [5.74, 6) is 0.570. The number of phenolic OH excluding ortho intramolecular Hbond substituents is 1. The van der Waals surface area contributed by atoms with E-state index in [2.05, 4.69) is 15.5 Å². The van der Waals surface area contributed by atoms with Gasteiger partial charge in [-0.25, -0.2) is 10.4 Å². The fourth-order valence-corrected chi connectivity index (χ4v) is 1.35. The van der Waals surface area contributed by atoms with Crippen molar-refractivity contribution in [2.24, 2.45) is 5.10 Å². The minimum atomic E-state index is 0.0506. The lowest BCUT2D eigenvalue weighted by molar-refractivity contribution is 0.373. The number of nitrogens with zero attached hydrogens (tertiary/aromatic N) is 3. The number of phenols is 1.